The molecular formula is C10H17NO3. The third-order valence-corrected chi connectivity index (χ3v) is 2.11. The predicted molar refractivity (Wildman–Crippen MR) is 51.6 cm³/mol. The summed E-state index contributed by atoms with van der Waals surface area (Å²) in [5.41, 5.74) is -0.470. The van der Waals surface area contributed by atoms with Gasteiger partial charge in [-0.15, -0.1) is 0 Å². The Bertz CT molecular complexity index is 242. The third-order valence-electron chi connectivity index (χ3n) is 2.11. The SMILES string of the molecule is CC(C)(C)C(=O)OCC1CCC(=O)N1. The lowest BCUT2D eigenvalue weighted by Crippen LogP contribution is -2.33. The maximum atomic E-state index is 11.4. The molecule has 0 radical (unpaired) electrons. The van der Waals surface area contributed by atoms with Crippen molar-refractivity contribution in [3.8, 4) is 0 Å². The van der Waals surface area contributed by atoms with Gasteiger partial charge in [0.25, 0.3) is 0 Å². The first-order chi connectivity index (χ1) is 6.39. The number of rotatable bonds is 2. The van der Waals surface area contributed by atoms with Crippen LogP contribution in [0.4, 0.5) is 0 Å². The van der Waals surface area contributed by atoms with E-state index >= 15 is 0 Å². The highest BCUT2D eigenvalue weighted by Gasteiger charge is 2.26. The summed E-state index contributed by atoms with van der Waals surface area (Å²) < 4.78 is 5.09. The van der Waals surface area contributed by atoms with Crippen LogP contribution in [0.2, 0.25) is 0 Å². The Labute approximate surface area is 84.0 Å². The maximum Gasteiger partial charge on any atom is 0.311 e. The first kappa shape index (κ1) is 11.0. The zero-order chi connectivity index (χ0) is 10.8. The van der Waals surface area contributed by atoms with Crippen LogP contribution in [-0.2, 0) is 14.3 Å². The van der Waals surface area contributed by atoms with Gasteiger partial charge in [-0.1, -0.05) is 0 Å². The van der Waals surface area contributed by atoms with Crippen LogP contribution in [0, 0.1) is 5.41 Å². The largest absolute Gasteiger partial charge is 0.463 e. The van der Waals surface area contributed by atoms with E-state index in [1.807, 2.05) is 20.8 Å². The van der Waals surface area contributed by atoms with Gasteiger partial charge in [0.15, 0.2) is 0 Å². The molecule has 1 N–H and O–H groups in total. The molecule has 1 saturated heterocycles. The van der Waals surface area contributed by atoms with Crippen molar-refractivity contribution in [3.63, 3.8) is 0 Å². The normalized spacial score (nSPS) is 21.9. The number of nitrogens with one attached hydrogen (secondary N) is 1. The Morgan fingerprint density at radius 1 is 1.57 bits per heavy atom. The molecule has 14 heavy (non-hydrogen) atoms. The van der Waals surface area contributed by atoms with Gasteiger partial charge in [-0.25, -0.2) is 0 Å². The molecule has 1 heterocycles. The number of hydrogen-bond donors (Lipinski definition) is 1. The van der Waals surface area contributed by atoms with E-state index in [4.69, 9.17) is 4.74 Å². The monoisotopic (exact) mass is 199 g/mol. The second-order valence-electron chi connectivity index (χ2n) is 4.65. The zero-order valence-electron chi connectivity index (χ0n) is 8.92. The van der Waals surface area contributed by atoms with Gasteiger partial charge >= 0.3 is 5.97 Å². The molecule has 1 unspecified atom stereocenters. The summed E-state index contributed by atoms with van der Waals surface area (Å²) in [4.78, 5) is 22.2. The van der Waals surface area contributed by atoms with Crippen LogP contribution in [0.5, 0.6) is 0 Å². The quantitative estimate of drug-likeness (QED) is 0.671. The highest BCUT2D eigenvalue weighted by atomic mass is 16.5. The summed E-state index contributed by atoms with van der Waals surface area (Å²) >= 11 is 0. The average Bonchev–Trinajstić information content (AvgIpc) is 2.45. The minimum Gasteiger partial charge on any atom is -0.463 e. The van der Waals surface area contributed by atoms with Crippen molar-refractivity contribution in [1.82, 2.24) is 5.32 Å². The van der Waals surface area contributed by atoms with Crippen molar-refractivity contribution < 1.29 is 14.3 Å². The number of esters is 1. The Morgan fingerprint density at radius 2 is 2.21 bits per heavy atom. The van der Waals surface area contributed by atoms with E-state index in [1.54, 1.807) is 0 Å². The van der Waals surface area contributed by atoms with Crippen molar-refractivity contribution >= 4 is 11.9 Å². The lowest BCUT2D eigenvalue weighted by atomic mass is 9.97. The fourth-order valence-corrected chi connectivity index (χ4v) is 1.20. The molecule has 1 fully saturated rings. The number of hydrogen-bond acceptors (Lipinski definition) is 3. The van der Waals surface area contributed by atoms with Gasteiger partial charge in [0, 0.05) is 6.42 Å². The molecule has 4 nitrogen and oxygen atoms in total. The minimum atomic E-state index is -0.470. The van der Waals surface area contributed by atoms with E-state index in [9.17, 15) is 9.59 Å². The molecule has 80 valence electrons. The van der Waals surface area contributed by atoms with Gasteiger partial charge in [0.05, 0.1) is 11.5 Å². The van der Waals surface area contributed by atoms with E-state index < -0.39 is 5.41 Å². The molecule has 0 aromatic rings. The summed E-state index contributed by atoms with van der Waals surface area (Å²) in [6.45, 7) is 5.72. The van der Waals surface area contributed by atoms with Gasteiger partial charge in [0.2, 0.25) is 5.91 Å². The summed E-state index contributed by atoms with van der Waals surface area (Å²) in [5, 5.41) is 2.74. The van der Waals surface area contributed by atoms with Crippen LogP contribution < -0.4 is 5.32 Å². The first-order valence-electron chi connectivity index (χ1n) is 4.86. The lowest BCUT2D eigenvalue weighted by molar-refractivity contribution is -0.153. The molecule has 0 aliphatic carbocycles. The smallest absolute Gasteiger partial charge is 0.311 e. The molecule has 1 amide bonds. The lowest BCUT2D eigenvalue weighted by Gasteiger charge is -2.18. The zero-order valence-corrected chi connectivity index (χ0v) is 8.92. The van der Waals surface area contributed by atoms with Gasteiger partial charge in [-0.05, 0) is 27.2 Å². The standard InChI is InChI=1S/C10H17NO3/c1-10(2,3)9(13)14-6-7-4-5-8(12)11-7/h7H,4-6H2,1-3H3,(H,11,12). The number of carbonyl (C=O) groups is 2. The van der Waals surface area contributed by atoms with Crippen molar-refractivity contribution in [2.45, 2.75) is 39.7 Å². The van der Waals surface area contributed by atoms with Crippen LogP contribution in [0.15, 0.2) is 0 Å². The fourth-order valence-electron chi connectivity index (χ4n) is 1.20. The van der Waals surface area contributed by atoms with Gasteiger partial charge in [-0.3, -0.25) is 9.59 Å². The Kier molecular flexibility index (Phi) is 3.13. The van der Waals surface area contributed by atoms with E-state index in [0.717, 1.165) is 6.42 Å². The predicted octanol–water partition coefficient (Wildman–Crippen LogP) is 0.854. The van der Waals surface area contributed by atoms with Crippen LogP contribution in [0.3, 0.4) is 0 Å². The van der Waals surface area contributed by atoms with E-state index in [-0.39, 0.29) is 17.9 Å². The Morgan fingerprint density at radius 3 is 2.64 bits per heavy atom. The highest BCUT2D eigenvalue weighted by molar-refractivity contribution is 5.78. The number of carbonyl (C=O) groups excluding carboxylic acids is 2. The second kappa shape index (κ2) is 3.98. The molecule has 1 rings (SSSR count). The van der Waals surface area contributed by atoms with Crippen LogP contribution >= 0.6 is 0 Å². The minimum absolute atomic E-state index is 0.00815. The third kappa shape index (κ3) is 3.01. The summed E-state index contributed by atoms with van der Waals surface area (Å²) in [7, 11) is 0. The summed E-state index contributed by atoms with van der Waals surface area (Å²) in [5.74, 6) is -0.180. The average molecular weight is 199 g/mol. The summed E-state index contributed by atoms with van der Waals surface area (Å²) in [6.07, 6.45) is 1.30. The van der Waals surface area contributed by atoms with Crippen LogP contribution in [-0.4, -0.2) is 24.5 Å². The Hall–Kier alpha value is -1.06. The number of amides is 1. The molecular weight excluding hydrogens is 182 g/mol. The topological polar surface area (TPSA) is 55.4 Å². The van der Waals surface area contributed by atoms with Crippen molar-refractivity contribution in [1.29, 1.82) is 0 Å². The van der Waals surface area contributed by atoms with Crippen LogP contribution in [0.1, 0.15) is 33.6 Å². The maximum absolute atomic E-state index is 11.4. The van der Waals surface area contributed by atoms with E-state index in [1.165, 1.54) is 0 Å². The highest BCUT2D eigenvalue weighted by Crippen LogP contribution is 2.16. The molecule has 1 aliphatic heterocycles. The molecule has 4 heteroatoms. The van der Waals surface area contributed by atoms with Crippen LogP contribution in [0.25, 0.3) is 0 Å². The van der Waals surface area contributed by atoms with Gasteiger partial charge in [-0.2, -0.15) is 0 Å². The molecule has 1 atom stereocenters. The van der Waals surface area contributed by atoms with E-state index in [0.29, 0.717) is 13.0 Å². The second-order valence-corrected chi connectivity index (χ2v) is 4.65. The first-order valence-corrected chi connectivity index (χ1v) is 4.86. The van der Waals surface area contributed by atoms with Crippen molar-refractivity contribution in [2.24, 2.45) is 5.41 Å². The molecule has 0 aromatic carbocycles. The molecule has 0 bridgehead atoms. The van der Waals surface area contributed by atoms with Gasteiger partial charge in [0.1, 0.15) is 6.61 Å². The Balaban J connectivity index is 2.28. The number of ether oxygens (including phenoxy) is 1. The molecule has 0 saturated carbocycles. The van der Waals surface area contributed by atoms with Crippen molar-refractivity contribution in [2.75, 3.05) is 6.61 Å². The van der Waals surface area contributed by atoms with Gasteiger partial charge < -0.3 is 10.1 Å². The van der Waals surface area contributed by atoms with Crippen molar-refractivity contribution in [3.05, 3.63) is 0 Å². The fraction of sp³-hybridized carbons (Fsp3) is 0.800. The molecule has 0 spiro atoms. The molecule has 0 aromatic heterocycles. The molecule has 1 aliphatic rings. The summed E-state index contributed by atoms with van der Waals surface area (Å²) in [6, 6.07) is 0.00815. The van der Waals surface area contributed by atoms with E-state index in [2.05, 4.69) is 5.32 Å².